The average Bonchev–Trinajstić information content (AvgIpc) is 2.90. The second kappa shape index (κ2) is 19.8. The van der Waals surface area contributed by atoms with Crippen LogP contribution in [-0.4, -0.2) is 102 Å². The van der Waals surface area contributed by atoms with Crippen LogP contribution in [-0.2, 0) is 19.2 Å². The summed E-state index contributed by atoms with van der Waals surface area (Å²) < 4.78 is 0. The summed E-state index contributed by atoms with van der Waals surface area (Å²) in [5, 5.41) is 25.9. The normalized spacial score (nSPS) is 15.8. The van der Waals surface area contributed by atoms with Gasteiger partial charge in [-0.15, -0.1) is 0 Å². The van der Waals surface area contributed by atoms with Crippen molar-refractivity contribution < 1.29 is 19.2 Å². The van der Waals surface area contributed by atoms with E-state index in [1.54, 1.807) is 0 Å². The van der Waals surface area contributed by atoms with Gasteiger partial charge in [0.05, 0.1) is 12.1 Å². The molecule has 0 heterocycles. The van der Waals surface area contributed by atoms with Gasteiger partial charge in [0.25, 0.3) is 0 Å². The van der Waals surface area contributed by atoms with Crippen molar-refractivity contribution in [2.24, 2.45) is 5.41 Å². The van der Waals surface area contributed by atoms with Crippen LogP contribution < -0.4 is 42.5 Å². The van der Waals surface area contributed by atoms with Crippen molar-refractivity contribution in [3.8, 4) is 0 Å². The van der Waals surface area contributed by atoms with E-state index in [0.717, 1.165) is 19.4 Å². The van der Waals surface area contributed by atoms with Gasteiger partial charge >= 0.3 is 0 Å². The molecule has 0 radical (unpaired) electrons. The molecule has 0 aromatic rings. The van der Waals surface area contributed by atoms with Crippen molar-refractivity contribution in [3.05, 3.63) is 0 Å². The highest BCUT2D eigenvalue weighted by molar-refractivity contribution is 5.90. The average molecular weight is 725 g/mol. The third kappa shape index (κ3) is 24.7. The van der Waals surface area contributed by atoms with E-state index in [9.17, 15) is 19.2 Å². The van der Waals surface area contributed by atoms with Gasteiger partial charge in [-0.2, -0.15) is 0 Å². The van der Waals surface area contributed by atoms with Crippen LogP contribution in [0.2, 0.25) is 0 Å². The number of carbonyl (C=O) groups is 4. The third-order valence-corrected chi connectivity index (χ3v) is 7.45. The van der Waals surface area contributed by atoms with Gasteiger partial charge in [-0.05, 0) is 123 Å². The number of hydrogen-bond acceptors (Lipinski definition) is 9. The largest absolute Gasteiger partial charge is 0.353 e. The van der Waals surface area contributed by atoms with E-state index in [2.05, 4.69) is 63.3 Å². The molecular weight excluding hydrogens is 644 g/mol. The van der Waals surface area contributed by atoms with Crippen molar-refractivity contribution in [1.82, 2.24) is 42.5 Å². The predicted molar refractivity (Wildman–Crippen MR) is 212 cm³/mol. The molecule has 12 heteroatoms. The lowest BCUT2D eigenvalue weighted by Crippen LogP contribution is -2.62. The fraction of sp³-hybridized carbons (Fsp3) is 0.897. The second-order valence-corrected chi connectivity index (χ2v) is 20.3. The second-order valence-electron chi connectivity index (χ2n) is 20.3. The summed E-state index contributed by atoms with van der Waals surface area (Å²) in [6.45, 7) is 36.9. The Hall–Kier alpha value is -2.12. The van der Waals surface area contributed by atoms with E-state index < -0.39 is 40.7 Å². The molecule has 12 nitrogen and oxygen atoms in total. The van der Waals surface area contributed by atoms with E-state index >= 15 is 0 Å². The highest BCUT2D eigenvalue weighted by Gasteiger charge is 2.34. The molecule has 0 aliphatic carbocycles. The number of ketones is 1. The monoisotopic (exact) mass is 725 g/mol. The van der Waals surface area contributed by atoms with Crippen molar-refractivity contribution in [2.75, 3.05) is 26.2 Å². The lowest BCUT2D eigenvalue weighted by Gasteiger charge is -2.33. The minimum absolute atomic E-state index is 0.00184. The van der Waals surface area contributed by atoms with Crippen LogP contribution >= 0.6 is 0 Å². The van der Waals surface area contributed by atoms with Gasteiger partial charge in [0.15, 0.2) is 5.78 Å². The minimum atomic E-state index is -0.771. The highest BCUT2D eigenvalue weighted by atomic mass is 16.2. The first-order chi connectivity index (χ1) is 22.7. The molecule has 0 aliphatic rings. The Labute approximate surface area is 312 Å². The zero-order valence-corrected chi connectivity index (χ0v) is 35.9. The molecule has 0 spiro atoms. The lowest BCUT2D eigenvalue weighted by atomic mass is 9.85. The van der Waals surface area contributed by atoms with E-state index in [4.69, 9.17) is 0 Å². The van der Waals surface area contributed by atoms with Crippen LogP contribution in [0.4, 0.5) is 0 Å². The molecular formula is C39H80N8O4. The molecule has 0 rings (SSSR count). The van der Waals surface area contributed by atoms with Crippen molar-refractivity contribution in [2.45, 2.75) is 196 Å². The summed E-state index contributed by atoms with van der Waals surface area (Å²) in [7, 11) is 0. The van der Waals surface area contributed by atoms with Crippen molar-refractivity contribution in [3.63, 3.8) is 0 Å². The molecule has 0 saturated heterocycles. The predicted octanol–water partition coefficient (Wildman–Crippen LogP) is 3.54. The topological polar surface area (TPSA) is 165 Å². The van der Waals surface area contributed by atoms with Crippen LogP contribution in [0, 0.1) is 5.41 Å². The molecule has 3 amide bonds. The SMILES string of the molecule is CC(C)(C)NCCCCC(NC(C)(C)C)C(=O)NCC(NC(C)(C)C)C(=O)NCC(NC(C)(C)C)C(=O)NCC(NC(C)(C)C)C(=O)C(C)(C)C. The Morgan fingerprint density at radius 3 is 1.06 bits per heavy atom. The van der Waals surface area contributed by atoms with Crippen LogP contribution in [0.25, 0.3) is 0 Å². The molecule has 4 unspecified atom stereocenters. The molecule has 4 atom stereocenters. The van der Waals surface area contributed by atoms with E-state index in [1.807, 2.05) is 104 Å². The fourth-order valence-corrected chi connectivity index (χ4v) is 5.42. The highest BCUT2D eigenvalue weighted by Crippen LogP contribution is 2.18. The molecule has 0 aromatic heterocycles. The van der Waals surface area contributed by atoms with Crippen molar-refractivity contribution in [1.29, 1.82) is 0 Å². The van der Waals surface area contributed by atoms with E-state index in [1.165, 1.54) is 0 Å². The van der Waals surface area contributed by atoms with Gasteiger partial charge < -0.3 is 31.9 Å². The number of unbranched alkanes of at least 4 members (excludes halogenated alkanes) is 1. The first kappa shape index (κ1) is 48.9. The minimum Gasteiger partial charge on any atom is -0.353 e. The fourth-order valence-electron chi connectivity index (χ4n) is 5.42. The van der Waals surface area contributed by atoms with Crippen LogP contribution in [0.15, 0.2) is 0 Å². The maximum atomic E-state index is 13.7. The van der Waals surface area contributed by atoms with Gasteiger partial charge in [-0.1, -0.05) is 27.2 Å². The van der Waals surface area contributed by atoms with Gasteiger partial charge in [0, 0.05) is 52.7 Å². The molecule has 0 saturated carbocycles. The summed E-state index contributed by atoms with van der Waals surface area (Å²) in [6, 6.07) is -2.52. The Morgan fingerprint density at radius 1 is 0.412 bits per heavy atom. The Balaban J connectivity index is 5.81. The summed E-state index contributed by atoms with van der Waals surface area (Å²) in [6.07, 6.45) is 2.48. The van der Waals surface area contributed by atoms with Gasteiger partial charge in [0.1, 0.15) is 12.1 Å². The first-order valence-electron chi connectivity index (χ1n) is 18.9. The summed E-state index contributed by atoms with van der Waals surface area (Å²) in [4.78, 5) is 54.1. The first-order valence-corrected chi connectivity index (χ1v) is 18.9. The summed E-state index contributed by atoms with van der Waals surface area (Å²) in [5.74, 6) is -0.809. The van der Waals surface area contributed by atoms with E-state index in [0.29, 0.717) is 6.42 Å². The van der Waals surface area contributed by atoms with Gasteiger partial charge in [-0.3, -0.25) is 29.8 Å². The molecule has 0 aromatic carbocycles. The molecule has 8 N–H and O–H groups in total. The standard InChI is InChI=1S/C39H80N8O4/c1-34(2,3)30(48)27(45-37(10,11)12)23-40-32(50)29(47-39(16,17)18)25-42-33(51)28(46-38(13,14)15)24-41-31(49)26(44-36(7,8)9)21-19-20-22-43-35(4,5)6/h26-29,43-47H,19-25H2,1-18H3,(H,40,50)(H,41,49)(H,42,51). The molecule has 0 bridgehead atoms. The summed E-state index contributed by atoms with van der Waals surface area (Å²) >= 11 is 0. The number of rotatable bonds is 19. The van der Waals surface area contributed by atoms with Gasteiger partial charge in [0.2, 0.25) is 17.7 Å². The number of Topliss-reactive ketones (excluding diaryl/α,β-unsaturated/α-hetero) is 1. The number of hydrogen-bond donors (Lipinski definition) is 8. The zero-order chi connectivity index (χ0) is 40.2. The quantitative estimate of drug-likeness (QED) is 0.0932. The lowest BCUT2D eigenvalue weighted by molar-refractivity contribution is -0.129. The smallest absolute Gasteiger partial charge is 0.239 e. The van der Waals surface area contributed by atoms with Gasteiger partial charge in [-0.25, -0.2) is 0 Å². The molecule has 0 aliphatic heterocycles. The maximum Gasteiger partial charge on any atom is 0.239 e. The maximum absolute atomic E-state index is 13.7. The van der Waals surface area contributed by atoms with Crippen molar-refractivity contribution >= 4 is 23.5 Å². The number of nitrogens with one attached hydrogen (secondary N) is 8. The number of carbonyl (C=O) groups excluding carboxylic acids is 4. The third-order valence-electron chi connectivity index (χ3n) is 7.45. The summed E-state index contributed by atoms with van der Waals surface area (Å²) in [5.41, 5.74) is -2.03. The van der Waals surface area contributed by atoms with Crippen LogP contribution in [0.3, 0.4) is 0 Å². The Kier molecular flexibility index (Phi) is 19.0. The Morgan fingerprint density at radius 2 is 0.725 bits per heavy atom. The zero-order valence-electron chi connectivity index (χ0n) is 35.9. The Bertz CT molecular complexity index is 1100. The molecule has 0 fully saturated rings. The van der Waals surface area contributed by atoms with E-state index in [-0.39, 0.29) is 59.8 Å². The number of amides is 3. The molecule has 51 heavy (non-hydrogen) atoms. The van der Waals surface area contributed by atoms with Crippen LogP contribution in [0.5, 0.6) is 0 Å². The van der Waals surface area contributed by atoms with Crippen LogP contribution in [0.1, 0.15) is 144 Å². The molecule has 300 valence electrons.